The zero-order valence-corrected chi connectivity index (χ0v) is 10.0. The Kier molecular flexibility index (Phi) is 2.67. The summed E-state index contributed by atoms with van der Waals surface area (Å²) < 4.78 is 6.35. The SMILES string of the molecule is Cc1sc2c(CCN(C)C)noc2c1N. The second-order valence-corrected chi connectivity index (χ2v) is 5.14. The minimum atomic E-state index is 0.735. The summed E-state index contributed by atoms with van der Waals surface area (Å²) in [5, 5.41) is 4.06. The molecule has 0 amide bonds. The fraction of sp³-hybridized carbons (Fsp3) is 0.500. The van der Waals surface area contributed by atoms with Crippen LogP contribution in [-0.4, -0.2) is 30.7 Å². The Balaban J connectivity index is 2.32. The maximum atomic E-state index is 5.87. The van der Waals surface area contributed by atoms with Gasteiger partial charge in [0.1, 0.15) is 5.69 Å². The van der Waals surface area contributed by atoms with Crippen LogP contribution in [0.25, 0.3) is 10.3 Å². The van der Waals surface area contributed by atoms with Crippen LogP contribution in [0.2, 0.25) is 0 Å². The molecular formula is C10H15N3OS. The van der Waals surface area contributed by atoms with Crippen molar-refractivity contribution < 1.29 is 4.52 Å². The average Bonchev–Trinajstić information content (AvgIpc) is 2.67. The molecule has 0 bridgehead atoms. The number of hydrogen-bond donors (Lipinski definition) is 1. The number of nitrogens with two attached hydrogens (primary N) is 1. The quantitative estimate of drug-likeness (QED) is 0.866. The first kappa shape index (κ1) is 10.4. The molecule has 2 N–H and O–H groups in total. The molecule has 15 heavy (non-hydrogen) atoms. The minimum absolute atomic E-state index is 0.735. The lowest BCUT2D eigenvalue weighted by Crippen LogP contribution is -2.15. The lowest BCUT2D eigenvalue weighted by Gasteiger charge is -2.06. The molecule has 82 valence electrons. The summed E-state index contributed by atoms with van der Waals surface area (Å²) >= 11 is 1.66. The van der Waals surface area contributed by atoms with Crippen molar-refractivity contribution in [2.45, 2.75) is 13.3 Å². The van der Waals surface area contributed by atoms with Gasteiger partial charge in [-0.1, -0.05) is 5.16 Å². The Morgan fingerprint density at radius 2 is 2.20 bits per heavy atom. The number of anilines is 1. The van der Waals surface area contributed by atoms with Gasteiger partial charge in [-0.2, -0.15) is 0 Å². The summed E-state index contributed by atoms with van der Waals surface area (Å²) in [6.45, 7) is 2.98. The van der Waals surface area contributed by atoms with Crippen molar-refractivity contribution in [2.24, 2.45) is 0 Å². The third kappa shape index (κ3) is 1.85. The number of thiophene rings is 1. The highest BCUT2D eigenvalue weighted by Gasteiger charge is 2.15. The molecule has 2 rings (SSSR count). The van der Waals surface area contributed by atoms with E-state index in [0.717, 1.165) is 39.5 Å². The number of nitrogen functional groups attached to an aromatic ring is 1. The molecule has 0 aliphatic carbocycles. The molecule has 0 spiro atoms. The van der Waals surface area contributed by atoms with Gasteiger partial charge in [-0.05, 0) is 21.0 Å². The molecule has 0 unspecified atom stereocenters. The number of hydrogen-bond acceptors (Lipinski definition) is 5. The molecule has 0 fully saturated rings. The standard InChI is InChI=1S/C10H15N3OS/c1-6-8(11)9-10(15-6)7(12-14-9)4-5-13(2)3/h4-5,11H2,1-3H3. The van der Waals surface area contributed by atoms with Crippen molar-refractivity contribution in [1.82, 2.24) is 10.1 Å². The molecule has 0 aliphatic rings. The van der Waals surface area contributed by atoms with Crippen molar-refractivity contribution in [3.05, 3.63) is 10.6 Å². The van der Waals surface area contributed by atoms with Crippen LogP contribution in [-0.2, 0) is 6.42 Å². The zero-order chi connectivity index (χ0) is 11.0. The molecule has 4 nitrogen and oxygen atoms in total. The summed E-state index contributed by atoms with van der Waals surface area (Å²) in [4.78, 5) is 3.24. The van der Waals surface area contributed by atoms with E-state index in [-0.39, 0.29) is 0 Å². The second kappa shape index (κ2) is 3.83. The van der Waals surface area contributed by atoms with E-state index in [4.69, 9.17) is 10.3 Å². The summed E-state index contributed by atoms with van der Waals surface area (Å²) in [5.41, 5.74) is 8.38. The van der Waals surface area contributed by atoms with Gasteiger partial charge in [0.25, 0.3) is 0 Å². The maximum Gasteiger partial charge on any atom is 0.201 e. The molecule has 0 atom stereocenters. The lowest BCUT2D eigenvalue weighted by atomic mass is 10.3. The Bertz CT molecular complexity index is 472. The fourth-order valence-electron chi connectivity index (χ4n) is 1.45. The topological polar surface area (TPSA) is 55.3 Å². The van der Waals surface area contributed by atoms with Gasteiger partial charge in [0.15, 0.2) is 0 Å². The normalized spacial score (nSPS) is 11.7. The van der Waals surface area contributed by atoms with Gasteiger partial charge in [0.05, 0.1) is 10.4 Å². The minimum Gasteiger partial charge on any atom is -0.395 e. The van der Waals surface area contributed by atoms with Gasteiger partial charge in [-0.3, -0.25) is 0 Å². The monoisotopic (exact) mass is 225 g/mol. The number of aryl methyl sites for hydroxylation is 1. The van der Waals surface area contributed by atoms with E-state index in [2.05, 4.69) is 10.1 Å². The highest BCUT2D eigenvalue weighted by molar-refractivity contribution is 7.19. The first-order valence-corrected chi connectivity index (χ1v) is 5.69. The van der Waals surface area contributed by atoms with Crippen LogP contribution in [0.3, 0.4) is 0 Å². The molecular weight excluding hydrogens is 210 g/mol. The largest absolute Gasteiger partial charge is 0.395 e. The number of aromatic nitrogens is 1. The molecule has 5 heteroatoms. The number of fused-ring (bicyclic) bond motifs is 1. The molecule has 2 aromatic rings. The number of likely N-dealkylation sites (N-methyl/N-ethyl adjacent to an activating group) is 1. The second-order valence-electron chi connectivity index (χ2n) is 3.91. The zero-order valence-electron chi connectivity index (χ0n) is 9.20. The predicted octanol–water partition coefficient (Wildman–Crippen LogP) is 1.88. The van der Waals surface area contributed by atoms with E-state index < -0.39 is 0 Å². The van der Waals surface area contributed by atoms with Gasteiger partial charge in [-0.15, -0.1) is 11.3 Å². The summed E-state index contributed by atoms with van der Waals surface area (Å²) in [5.74, 6) is 0. The lowest BCUT2D eigenvalue weighted by molar-refractivity contribution is 0.398. The van der Waals surface area contributed by atoms with Crippen LogP contribution in [0.1, 0.15) is 10.6 Å². The Morgan fingerprint density at radius 1 is 1.47 bits per heavy atom. The van der Waals surface area contributed by atoms with Gasteiger partial charge in [-0.25, -0.2) is 0 Å². The van der Waals surface area contributed by atoms with E-state index in [1.54, 1.807) is 11.3 Å². The highest BCUT2D eigenvalue weighted by Crippen LogP contribution is 2.35. The average molecular weight is 225 g/mol. The van der Waals surface area contributed by atoms with Crippen molar-refractivity contribution >= 4 is 27.3 Å². The van der Waals surface area contributed by atoms with Crippen LogP contribution >= 0.6 is 11.3 Å². The van der Waals surface area contributed by atoms with E-state index in [9.17, 15) is 0 Å². The Labute approximate surface area is 92.6 Å². The van der Waals surface area contributed by atoms with Crippen molar-refractivity contribution in [3.8, 4) is 0 Å². The molecule has 2 aromatic heterocycles. The fourth-order valence-corrected chi connectivity index (χ4v) is 2.45. The van der Waals surface area contributed by atoms with Crippen LogP contribution in [0.4, 0.5) is 5.69 Å². The van der Waals surface area contributed by atoms with Crippen LogP contribution in [0.15, 0.2) is 4.52 Å². The molecule has 0 aromatic carbocycles. The van der Waals surface area contributed by atoms with E-state index in [0.29, 0.717) is 0 Å². The van der Waals surface area contributed by atoms with Crippen molar-refractivity contribution in [1.29, 1.82) is 0 Å². The Morgan fingerprint density at radius 3 is 2.87 bits per heavy atom. The van der Waals surface area contributed by atoms with Gasteiger partial charge in [0.2, 0.25) is 5.58 Å². The summed E-state index contributed by atoms with van der Waals surface area (Å²) in [6, 6.07) is 0. The van der Waals surface area contributed by atoms with Crippen molar-refractivity contribution in [3.63, 3.8) is 0 Å². The molecule has 0 radical (unpaired) electrons. The van der Waals surface area contributed by atoms with E-state index in [1.807, 2.05) is 21.0 Å². The van der Waals surface area contributed by atoms with E-state index in [1.165, 1.54) is 0 Å². The van der Waals surface area contributed by atoms with Crippen LogP contribution in [0, 0.1) is 6.92 Å². The van der Waals surface area contributed by atoms with Crippen LogP contribution < -0.4 is 5.73 Å². The van der Waals surface area contributed by atoms with Gasteiger partial charge >= 0.3 is 0 Å². The Hall–Kier alpha value is -1.07. The molecule has 0 saturated carbocycles. The first-order valence-electron chi connectivity index (χ1n) is 4.87. The molecule has 2 heterocycles. The number of nitrogens with zero attached hydrogens (tertiary/aromatic N) is 2. The maximum absolute atomic E-state index is 5.87. The van der Waals surface area contributed by atoms with Crippen molar-refractivity contribution in [2.75, 3.05) is 26.4 Å². The summed E-state index contributed by atoms with van der Waals surface area (Å²) in [7, 11) is 4.09. The van der Waals surface area contributed by atoms with Crippen LogP contribution in [0.5, 0.6) is 0 Å². The third-order valence-corrected chi connectivity index (χ3v) is 3.54. The smallest absolute Gasteiger partial charge is 0.201 e. The molecule has 0 aliphatic heterocycles. The predicted molar refractivity (Wildman–Crippen MR) is 63.3 cm³/mol. The molecule has 0 saturated heterocycles. The van der Waals surface area contributed by atoms with Gasteiger partial charge < -0.3 is 15.2 Å². The third-order valence-electron chi connectivity index (χ3n) is 2.39. The van der Waals surface area contributed by atoms with E-state index >= 15 is 0 Å². The number of rotatable bonds is 3. The van der Waals surface area contributed by atoms with Gasteiger partial charge in [0, 0.05) is 17.8 Å². The summed E-state index contributed by atoms with van der Waals surface area (Å²) in [6.07, 6.45) is 0.902. The highest BCUT2D eigenvalue weighted by atomic mass is 32.1. The first-order chi connectivity index (χ1) is 7.09.